The topological polar surface area (TPSA) is 0 Å². The van der Waals surface area contributed by atoms with Gasteiger partial charge in [-0.25, -0.2) is 13.2 Å². The molecule has 18 heavy (non-hydrogen) atoms. The lowest BCUT2D eigenvalue weighted by Crippen LogP contribution is -1.96. The summed E-state index contributed by atoms with van der Waals surface area (Å²) < 4.78 is 41.2. The second-order valence-electron chi connectivity index (χ2n) is 4.12. The van der Waals surface area contributed by atoms with E-state index < -0.39 is 17.5 Å². The molecule has 0 radical (unpaired) electrons. The number of benzene rings is 2. The highest BCUT2D eigenvalue weighted by Crippen LogP contribution is 2.32. The van der Waals surface area contributed by atoms with Crippen LogP contribution in [0.5, 0.6) is 0 Å². The van der Waals surface area contributed by atoms with Gasteiger partial charge in [-0.1, -0.05) is 35.9 Å². The van der Waals surface area contributed by atoms with Crippen LogP contribution in [0.2, 0.25) is 5.02 Å². The lowest BCUT2D eigenvalue weighted by Gasteiger charge is -2.09. The van der Waals surface area contributed by atoms with E-state index in [1.54, 1.807) is 13.0 Å². The van der Waals surface area contributed by atoms with Gasteiger partial charge in [0.05, 0.1) is 5.02 Å². The summed E-state index contributed by atoms with van der Waals surface area (Å²) in [6, 6.07) is 5.71. The number of halogens is 4. The summed E-state index contributed by atoms with van der Waals surface area (Å²) >= 11 is 5.76. The van der Waals surface area contributed by atoms with Crippen molar-refractivity contribution in [3.63, 3.8) is 0 Å². The Morgan fingerprint density at radius 1 is 0.722 bits per heavy atom. The minimum absolute atomic E-state index is 0.0398. The van der Waals surface area contributed by atoms with E-state index in [-0.39, 0.29) is 21.7 Å². The van der Waals surface area contributed by atoms with E-state index in [9.17, 15) is 13.2 Å². The van der Waals surface area contributed by atoms with Gasteiger partial charge in [-0.2, -0.15) is 0 Å². The van der Waals surface area contributed by atoms with Crippen molar-refractivity contribution in [2.75, 3.05) is 0 Å². The normalized spacial score (nSPS) is 10.8. The van der Waals surface area contributed by atoms with E-state index in [4.69, 9.17) is 11.6 Å². The molecule has 0 aliphatic carbocycles. The largest absolute Gasteiger partial charge is 0.205 e. The molecule has 0 saturated heterocycles. The third-order valence-electron chi connectivity index (χ3n) is 2.84. The van der Waals surface area contributed by atoms with E-state index in [1.807, 2.05) is 0 Å². The lowest BCUT2D eigenvalue weighted by molar-refractivity contribution is 0.504. The van der Waals surface area contributed by atoms with Gasteiger partial charge in [0.1, 0.15) is 5.82 Å². The van der Waals surface area contributed by atoms with Gasteiger partial charge in [-0.3, -0.25) is 0 Å². The van der Waals surface area contributed by atoms with Crippen LogP contribution in [0.3, 0.4) is 0 Å². The second kappa shape index (κ2) is 4.65. The van der Waals surface area contributed by atoms with E-state index >= 15 is 0 Å². The Morgan fingerprint density at radius 2 is 1.22 bits per heavy atom. The van der Waals surface area contributed by atoms with Crippen LogP contribution in [0.4, 0.5) is 13.2 Å². The lowest BCUT2D eigenvalue weighted by atomic mass is 10.0. The highest BCUT2D eigenvalue weighted by molar-refractivity contribution is 6.31. The highest BCUT2D eigenvalue weighted by atomic mass is 35.5. The Balaban J connectivity index is 2.71. The number of hydrogen-bond acceptors (Lipinski definition) is 0. The molecule has 0 bridgehead atoms. The SMILES string of the molecule is Cc1ccc(-c2ccc(C)c(Cl)c2F)c(F)c1F. The van der Waals surface area contributed by atoms with Crippen LogP contribution >= 0.6 is 11.6 Å². The predicted molar refractivity (Wildman–Crippen MR) is 66.2 cm³/mol. The van der Waals surface area contributed by atoms with Crippen LogP contribution in [0.25, 0.3) is 11.1 Å². The monoisotopic (exact) mass is 270 g/mol. The Morgan fingerprint density at radius 3 is 1.83 bits per heavy atom. The van der Waals surface area contributed by atoms with Crippen LogP contribution in [-0.4, -0.2) is 0 Å². The van der Waals surface area contributed by atoms with Gasteiger partial charge >= 0.3 is 0 Å². The van der Waals surface area contributed by atoms with Gasteiger partial charge in [0.25, 0.3) is 0 Å². The van der Waals surface area contributed by atoms with Crippen molar-refractivity contribution in [3.8, 4) is 11.1 Å². The van der Waals surface area contributed by atoms with Crippen molar-refractivity contribution in [1.29, 1.82) is 0 Å². The van der Waals surface area contributed by atoms with Crippen molar-refractivity contribution < 1.29 is 13.2 Å². The Kier molecular flexibility index (Phi) is 3.35. The molecule has 0 atom stereocenters. The van der Waals surface area contributed by atoms with E-state index in [0.29, 0.717) is 5.56 Å². The molecular weight excluding hydrogens is 261 g/mol. The molecule has 0 unspecified atom stereocenters. The molecule has 4 heteroatoms. The molecule has 2 rings (SSSR count). The smallest absolute Gasteiger partial charge is 0.167 e. The quantitative estimate of drug-likeness (QED) is 0.681. The molecule has 0 aromatic heterocycles. The minimum Gasteiger partial charge on any atom is -0.205 e. The average Bonchev–Trinajstić information content (AvgIpc) is 2.35. The average molecular weight is 271 g/mol. The Labute approximate surface area is 108 Å². The third kappa shape index (κ3) is 1.99. The first-order valence-electron chi connectivity index (χ1n) is 5.33. The molecular formula is C14H10ClF3. The fraction of sp³-hybridized carbons (Fsp3) is 0.143. The van der Waals surface area contributed by atoms with Crippen molar-refractivity contribution in [3.05, 3.63) is 57.9 Å². The number of hydrogen-bond donors (Lipinski definition) is 0. The van der Waals surface area contributed by atoms with Gasteiger partial charge in [0.15, 0.2) is 11.6 Å². The molecule has 0 nitrogen and oxygen atoms in total. The van der Waals surface area contributed by atoms with E-state index in [0.717, 1.165) is 0 Å². The summed E-state index contributed by atoms with van der Waals surface area (Å²) in [5.74, 6) is -2.77. The predicted octanol–water partition coefficient (Wildman–Crippen LogP) is 5.04. The molecule has 0 amide bonds. The molecule has 0 aliphatic rings. The molecule has 2 aromatic carbocycles. The van der Waals surface area contributed by atoms with Gasteiger partial charge in [0, 0.05) is 11.1 Å². The fourth-order valence-electron chi connectivity index (χ4n) is 1.71. The maximum atomic E-state index is 13.9. The van der Waals surface area contributed by atoms with Crippen molar-refractivity contribution in [2.24, 2.45) is 0 Å². The summed E-state index contributed by atoms with van der Waals surface area (Å²) in [6.07, 6.45) is 0. The summed E-state index contributed by atoms with van der Waals surface area (Å²) in [6.45, 7) is 3.09. The minimum atomic E-state index is -1.06. The Hall–Kier alpha value is -1.48. The zero-order valence-corrected chi connectivity index (χ0v) is 10.6. The maximum Gasteiger partial charge on any atom is 0.167 e. The summed E-state index contributed by atoms with van der Waals surface area (Å²) in [5.41, 5.74) is 0.556. The van der Waals surface area contributed by atoms with Crippen molar-refractivity contribution in [2.45, 2.75) is 13.8 Å². The number of rotatable bonds is 1. The van der Waals surface area contributed by atoms with Crippen LogP contribution in [0.15, 0.2) is 24.3 Å². The van der Waals surface area contributed by atoms with Crippen molar-refractivity contribution >= 4 is 11.6 Å². The maximum absolute atomic E-state index is 13.9. The zero-order chi connectivity index (χ0) is 13.4. The molecule has 0 fully saturated rings. The third-order valence-corrected chi connectivity index (χ3v) is 3.30. The Bertz CT molecular complexity index is 565. The number of aryl methyl sites for hydroxylation is 2. The van der Waals surface area contributed by atoms with E-state index in [2.05, 4.69) is 0 Å². The summed E-state index contributed by atoms with van der Waals surface area (Å²) in [4.78, 5) is 0. The highest BCUT2D eigenvalue weighted by Gasteiger charge is 2.17. The molecule has 0 heterocycles. The van der Waals surface area contributed by atoms with Gasteiger partial charge in [-0.05, 0) is 25.0 Å². The first-order valence-corrected chi connectivity index (χ1v) is 5.71. The second-order valence-corrected chi connectivity index (χ2v) is 4.49. The molecule has 0 aliphatic heterocycles. The van der Waals surface area contributed by atoms with Crippen LogP contribution in [0.1, 0.15) is 11.1 Å². The summed E-state index contributed by atoms with van der Waals surface area (Å²) in [7, 11) is 0. The van der Waals surface area contributed by atoms with Gasteiger partial charge in [-0.15, -0.1) is 0 Å². The van der Waals surface area contributed by atoms with Gasteiger partial charge < -0.3 is 0 Å². The molecule has 94 valence electrons. The fourth-order valence-corrected chi connectivity index (χ4v) is 1.87. The first-order chi connectivity index (χ1) is 8.43. The van der Waals surface area contributed by atoms with Crippen LogP contribution in [0, 0.1) is 31.3 Å². The zero-order valence-electron chi connectivity index (χ0n) is 9.82. The van der Waals surface area contributed by atoms with Crippen LogP contribution in [-0.2, 0) is 0 Å². The molecule has 2 aromatic rings. The molecule has 0 saturated carbocycles. The van der Waals surface area contributed by atoms with Crippen molar-refractivity contribution in [1.82, 2.24) is 0 Å². The first kappa shape index (κ1) is 13.0. The van der Waals surface area contributed by atoms with Crippen LogP contribution < -0.4 is 0 Å². The standard InChI is InChI=1S/C14H10ClF3/c1-7-3-5-9(13(17)11(7)15)10-6-4-8(2)12(16)14(10)18/h3-6H,1-2H3. The van der Waals surface area contributed by atoms with Gasteiger partial charge in [0.2, 0.25) is 0 Å². The van der Waals surface area contributed by atoms with E-state index in [1.165, 1.54) is 25.1 Å². The summed E-state index contributed by atoms with van der Waals surface area (Å²) in [5, 5.41) is -0.0760. The molecule has 0 spiro atoms. The molecule has 0 N–H and O–H groups in total.